The van der Waals surface area contributed by atoms with E-state index in [1.54, 1.807) is 11.5 Å². The van der Waals surface area contributed by atoms with Crippen LogP contribution in [0.15, 0.2) is 42.5 Å². The van der Waals surface area contributed by atoms with Crippen molar-refractivity contribution in [1.29, 1.82) is 0 Å². The van der Waals surface area contributed by atoms with E-state index >= 15 is 0 Å². The second-order valence-corrected chi connectivity index (χ2v) is 7.40. The zero-order chi connectivity index (χ0) is 20.7. The highest BCUT2D eigenvalue weighted by molar-refractivity contribution is 6.09. The molecule has 4 rings (SSSR count). The standard InChI is InChI=1S/C23H24N4O2/c1-5-29-23(28)19-20-22(26-18-9-7-6-8-17(18)25-20)27(21(19)24)15-10-11-16(13(2)3)14(4)12-15/h6-13H,5,24H2,1-4H3. The van der Waals surface area contributed by atoms with Gasteiger partial charge in [-0.25, -0.2) is 14.8 Å². The first kappa shape index (κ1) is 18.9. The number of nitrogens with two attached hydrogens (primary N) is 1. The summed E-state index contributed by atoms with van der Waals surface area (Å²) < 4.78 is 7.04. The van der Waals surface area contributed by atoms with Crippen LogP contribution in [-0.4, -0.2) is 27.1 Å². The highest BCUT2D eigenvalue weighted by Crippen LogP contribution is 2.32. The van der Waals surface area contributed by atoms with Crippen molar-refractivity contribution in [2.24, 2.45) is 0 Å². The van der Waals surface area contributed by atoms with E-state index in [0.717, 1.165) is 16.8 Å². The molecule has 2 N–H and O–H groups in total. The van der Waals surface area contributed by atoms with Gasteiger partial charge in [0.2, 0.25) is 0 Å². The van der Waals surface area contributed by atoms with E-state index in [-0.39, 0.29) is 18.0 Å². The van der Waals surface area contributed by atoms with E-state index in [9.17, 15) is 4.79 Å². The number of nitrogens with zero attached hydrogens (tertiary/aromatic N) is 3. The van der Waals surface area contributed by atoms with Gasteiger partial charge in [0.15, 0.2) is 5.65 Å². The number of anilines is 1. The van der Waals surface area contributed by atoms with Crippen LogP contribution in [0.5, 0.6) is 0 Å². The lowest BCUT2D eigenvalue weighted by Crippen LogP contribution is -2.09. The number of nitrogen functional groups attached to an aromatic ring is 1. The Morgan fingerprint density at radius 2 is 1.83 bits per heavy atom. The number of aromatic nitrogens is 3. The number of esters is 1. The predicted octanol–water partition coefficient (Wildman–Crippen LogP) is 4.76. The minimum atomic E-state index is -0.492. The molecule has 0 aliphatic heterocycles. The van der Waals surface area contributed by atoms with Gasteiger partial charge in [0.1, 0.15) is 16.9 Å². The number of hydrogen-bond donors (Lipinski definition) is 1. The van der Waals surface area contributed by atoms with E-state index in [2.05, 4.69) is 32.9 Å². The average molecular weight is 388 g/mol. The van der Waals surface area contributed by atoms with E-state index in [4.69, 9.17) is 20.4 Å². The van der Waals surface area contributed by atoms with Crippen LogP contribution in [0.2, 0.25) is 0 Å². The lowest BCUT2D eigenvalue weighted by molar-refractivity contribution is 0.0529. The first-order chi connectivity index (χ1) is 13.9. The quantitative estimate of drug-likeness (QED) is 0.510. The maximum absolute atomic E-state index is 12.7. The largest absolute Gasteiger partial charge is 0.462 e. The summed E-state index contributed by atoms with van der Waals surface area (Å²) in [5.41, 5.74) is 12.4. The lowest BCUT2D eigenvalue weighted by Gasteiger charge is -2.14. The molecule has 0 aliphatic rings. The Hall–Kier alpha value is -3.41. The van der Waals surface area contributed by atoms with Gasteiger partial charge in [-0.05, 0) is 55.2 Å². The summed E-state index contributed by atoms with van der Waals surface area (Å²) in [6.07, 6.45) is 0. The van der Waals surface area contributed by atoms with Crippen LogP contribution in [-0.2, 0) is 4.74 Å². The normalized spacial score (nSPS) is 11.5. The first-order valence-corrected chi connectivity index (χ1v) is 9.77. The SMILES string of the molecule is CCOC(=O)c1c(N)n(-c2ccc(C(C)C)c(C)c2)c2nc3ccccc3nc12. The summed E-state index contributed by atoms with van der Waals surface area (Å²) in [5, 5.41) is 0. The molecule has 6 nitrogen and oxygen atoms in total. The van der Waals surface area contributed by atoms with Crippen molar-refractivity contribution in [2.75, 3.05) is 12.3 Å². The maximum atomic E-state index is 12.7. The highest BCUT2D eigenvalue weighted by atomic mass is 16.5. The molecule has 0 spiro atoms. The fraction of sp³-hybridized carbons (Fsp3) is 0.261. The van der Waals surface area contributed by atoms with Crippen LogP contribution >= 0.6 is 0 Å². The molecular formula is C23H24N4O2. The Balaban J connectivity index is 2.05. The third-order valence-corrected chi connectivity index (χ3v) is 5.11. The predicted molar refractivity (Wildman–Crippen MR) is 116 cm³/mol. The van der Waals surface area contributed by atoms with Crippen LogP contribution < -0.4 is 5.73 Å². The molecule has 2 aromatic carbocycles. The van der Waals surface area contributed by atoms with Crippen LogP contribution in [0.25, 0.3) is 27.9 Å². The summed E-state index contributed by atoms with van der Waals surface area (Å²) in [6.45, 7) is 8.43. The van der Waals surface area contributed by atoms with Crippen molar-refractivity contribution in [1.82, 2.24) is 14.5 Å². The van der Waals surface area contributed by atoms with Gasteiger partial charge < -0.3 is 10.5 Å². The molecule has 29 heavy (non-hydrogen) atoms. The zero-order valence-electron chi connectivity index (χ0n) is 17.1. The summed E-state index contributed by atoms with van der Waals surface area (Å²) in [5.74, 6) is 0.209. The number of hydrogen-bond acceptors (Lipinski definition) is 5. The smallest absolute Gasteiger partial charge is 0.344 e. The molecule has 4 aromatic rings. The average Bonchev–Trinajstić information content (AvgIpc) is 2.96. The van der Waals surface area contributed by atoms with E-state index < -0.39 is 5.97 Å². The van der Waals surface area contributed by atoms with Crippen molar-refractivity contribution < 1.29 is 9.53 Å². The number of aryl methyl sites for hydroxylation is 1. The number of carbonyl (C=O) groups excluding carboxylic acids is 1. The van der Waals surface area contributed by atoms with Crippen LogP contribution in [0.4, 0.5) is 5.82 Å². The van der Waals surface area contributed by atoms with Crippen LogP contribution in [0.1, 0.15) is 48.2 Å². The number of benzene rings is 2. The molecule has 0 fully saturated rings. The fourth-order valence-electron chi connectivity index (χ4n) is 3.77. The first-order valence-electron chi connectivity index (χ1n) is 9.77. The minimum absolute atomic E-state index is 0.255. The Morgan fingerprint density at radius 3 is 2.45 bits per heavy atom. The monoisotopic (exact) mass is 388 g/mol. The van der Waals surface area contributed by atoms with E-state index in [1.807, 2.05) is 30.3 Å². The Morgan fingerprint density at radius 1 is 1.14 bits per heavy atom. The Labute approximate surface area is 169 Å². The summed E-state index contributed by atoms with van der Waals surface area (Å²) in [4.78, 5) is 22.2. The van der Waals surface area contributed by atoms with Crippen molar-refractivity contribution >= 4 is 34.0 Å². The summed E-state index contributed by atoms with van der Waals surface area (Å²) in [6, 6.07) is 13.7. The maximum Gasteiger partial charge on any atom is 0.344 e. The van der Waals surface area contributed by atoms with Crippen molar-refractivity contribution in [2.45, 2.75) is 33.6 Å². The molecule has 2 heterocycles. The molecule has 148 valence electrons. The molecule has 0 saturated carbocycles. The third-order valence-electron chi connectivity index (χ3n) is 5.11. The van der Waals surface area contributed by atoms with Gasteiger partial charge in [-0.2, -0.15) is 0 Å². The minimum Gasteiger partial charge on any atom is -0.462 e. The van der Waals surface area contributed by atoms with Gasteiger partial charge >= 0.3 is 5.97 Å². The molecule has 2 aromatic heterocycles. The van der Waals surface area contributed by atoms with Gasteiger partial charge in [0, 0.05) is 5.69 Å². The number of rotatable bonds is 4. The van der Waals surface area contributed by atoms with Gasteiger partial charge in [-0.1, -0.05) is 32.0 Å². The topological polar surface area (TPSA) is 83.0 Å². The van der Waals surface area contributed by atoms with Gasteiger partial charge in [-0.3, -0.25) is 4.57 Å². The lowest BCUT2D eigenvalue weighted by atomic mass is 9.97. The molecular weight excluding hydrogens is 364 g/mol. The molecule has 6 heteroatoms. The fourth-order valence-corrected chi connectivity index (χ4v) is 3.77. The van der Waals surface area contributed by atoms with E-state index in [0.29, 0.717) is 22.6 Å². The molecule has 0 amide bonds. The molecule has 0 aliphatic carbocycles. The van der Waals surface area contributed by atoms with Crippen LogP contribution in [0, 0.1) is 6.92 Å². The van der Waals surface area contributed by atoms with Crippen molar-refractivity contribution in [3.05, 3.63) is 59.2 Å². The molecule has 0 atom stereocenters. The number of carbonyl (C=O) groups is 1. The summed E-state index contributed by atoms with van der Waals surface area (Å²) in [7, 11) is 0. The number of para-hydroxylation sites is 2. The highest BCUT2D eigenvalue weighted by Gasteiger charge is 2.26. The third kappa shape index (κ3) is 3.10. The zero-order valence-corrected chi connectivity index (χ0v) is 17.1. The second kappa shape index (κ2) is 7.20. The Bertz CT molecular complexity index is 1240. The van der Waals surface area contributed by atoms with Gasteiger partial charge in [0.05, 0.1) is 17.6 Å². The number of ether oxygens (including phenoxy) is 1. The molecule has 0 radical (unpaired) electrons. The molecule has 0 saturated heterocycles. The molecule has 0 unspecified atom stereocenters. The van der Waals surface area contributed by atoms with E-state index in [1.165, 1.54) is 5.56 Å². The molecule has 0 bridgehead atoms. The van der Waals surface area contributed by atoms with Crippen molar-refractivity contribution in [3.8, 4) is 5.69 Å². The van der Waals surface area contributed by atoms with Gasteiger partial charge in [-0.15, -0.1) is 0 Å². The summed E-state index contributed by atoms with van der Waals surface area (Å²) >= 11 is 0. The number of fused-ring (bicyclic) bond motifs is 2. The second-order valence-electron chi connectivity index (χ2n) is 7.40. The van der Waals surface area contributed by atoms with Crippen molar-refractivity contribution in [3.63, 3.8) is 0 Å². The Kier molecular flexibility index (Phi) is 4.70. The van der Waals surface area contributed by atoms with Crippen LogP contribution in [0.3, 0.4) is 0 Å². The van der Waals surface area contributed by atoms with Gasteiger partial charge in [0.25, 0.3) is 0 Å².